The largest absolute Gasteiger partial charge is 0.417 e. The van der Waals surface area contributed by atoms with E-state index in [-0.39, 0.29) is 10.7 Å². The molecular weight excluding hydrogens is 321 g/mol. The van der Waals surface area contributed by atoms with Crippen molar-refractivity contribution in [3.63, 3.8) is 0 Å². The summed E-state index contributed by atoms with van der Waals surface area (Å²) < 4.78 is 39.0. The third kappa shape index (κ3) is 4.60. The monoisotopic (exact) mass is 334 g/mol. The molecule has 0 aliphatic heterocycles. The van der Waals surface area contributed by atoms with Crippen molar-refractivity contribution in [3.05, 3.63) is 64.9 Å². The van der Waals surface area contributed by atoms with E-state index in [1.54, 1.807) is 6.07 Å². The molecule has 2 rings (SSSR count). The smallest absolute Gasteiger partial charge is 0.245 e. The molecular formula is C17H13F3N2S. The standard InChI is InChI=1S/C17H13F3N2S/c1-12-10-15(17(18,19)20)14(11-21)16(22-12)23-9-5-8-13-6-3-2-4-7-13/h2-8,10H,9H2,1H3. The van der Waals surface area contributed by atoms with Crippen molar-refractivity contribution in [2.45, 2.75) is 18.1 Å². The van der Waals surface area contributed by atoms with Crippen LogP contribution in [0.4, 0.5) is 13.2 Å². The van der Waals surface area contributed by atoms with Crippen LogP contribution >= 0.6 is 11.8 Å². The van der Waals surface area contributed by atoms with Gasteiger partial charge in [0.05, 0.1) is 11.1 Å². The van der Waals surface area contributed by atoms with E-state index in [2.05, 4.69) is 4.98 Å². The molecule has 0 aliphatic rings. The van der Waals surface area contributed by atoms with E-state index in [1.165, 1.54) is 6.92 Å². The number of hydrogen-bond donors (Lipinski definition) is 0. The van der Waals surface area contributed by atoms with Crippen LogP contribution in [0.15, 0.2) is 47.5 Å². The van der Waals surface area contributed by atoms with E-state index in [1.807, 2.05) is 42.5 Å². The highest BCUT2D eigenvalue weighted by Gasteiger charge is 2.35. The molecule has 0 bridgehead atoms. The average Bonchev–Trinajstić information content (AvgIpc) is 2.51. The Morgan fingerprint density at radius 1 is 1.26 bits per heavy atom. The maximum absolute atomic E-state index is 13.0. The third-order valence-corrected chi connectivity index (χ3v) is 3.89. The van der Waals surface area contributed by atoms with Gasteiger partial charge in [-0.05, 0) is 18.6 Å². The van der Waals surface area contributed by atoms with E-state index >= 15 is 0 Å². The number of halogens is 3. The molecule has 1 aromatic heterocycles. The quantitative estimate of drug-likeness (QED) is 0.731. The topological polar surface area (TPSA) is 36.7 Å². The van der Waals surface area contributed by atoms with Crippen LogP contribution in [0.5, 0.6) is 0 Å². The fourth-order valence-corrected chi connectivity index (χ4v) is 2.81. The van der Waals surface area contributed by atoms with Crippen LogP contribution in [0, 0.1) is 18.3 Å². The molecule has 1 heterocycles. The molecule has 2 nitrogen and oxygen atoms in total. The number of nitrogens with zero attached hydrogens (tertiary/aromatic N) is 2. The van der Waals surface area contributed by atoms with E-state index in [0.717, 1.165) is 23.4 Å². The van der Waals surface area contributed by atoms with E-state index in [9.17, 15) is 13.2 Å². The predicted octanol–water partition coefficient (Wildman–Crippen LogP) is 5.09. The number of nitriles is 1. The van der Waals surface area contributed by atoms with Gasteiger partial charge in [0.1, 0.15) is 11.1 Å². The minimum Gasteiger partial charge on any atom is -0.245 e. The van der Waals surface area contributed by atoms with Gasteiger partial charge in [-0.1, -0.05) is 42.5 Å². The van der Waals surface area contributed by atoms with Gasteiger partial charge in [-0.2, -0.15) is 18.4 Å². The van der Waals surface area contributed by atoms with Crippen LogP contribution in [0.1, 0.15) is 22.4 Å². The maximum atomic E-state index is 13.0. The predicted molar refractivity (Wildman–Crippen MR) is 84.9 cm³/mol. The fourth-order valence-electron chi connectivity index (χ4n) is 1.96. The number of aryl methyl sites for hydroxylation is 1. The van der Waals surface area contributed by atoms with Crippen molar-refractivity contribution in [2.24, 2.45) is 0 Å². The summed E-state index contributed by atoms with van der Waals surface area (Å²) in [5.74, 6) is 0.428. The van der Waals surface area contributed by atoms with Gasteiger partial charge >= 0.3 is 6.18 Å². The number of benzene rings is 1. The Morgan fingerprint density at radius 2 is 1.96 bits per heavy atom. The molecule has 1 aromatic carbocycles. The molecule has 2 aromatic rings. The summed E-state index contributed by atoms with van der Waals surface area (Å²) in [5.41, 5.74) is -0.101. The Balaban J connectivity index is 2.19. The molecule has 0 saturated heterocycles. The first-order chi connectivity index (χ1) is 10.9. The van der Waals surface area contributed by atoms with Crippen LogP contribution in [0.3, 0.4) is 0 Å². The van der Waals surface area contributed by atoms with E-state index < -0.39 is 17.3 Å². The van der Waals surface area contributed by atoms with Gasteiger partial charge in [0.25, 0.3) is 0 Å². The Labute approximate surface area is 136 Å². The molecule has 0 atom stereocenters. The summed E-state index contributed by atoms with van der Waals surface area (Å²) in [5, 5.41) is 9.18. The van der Waals surface area contributed by atoms with Gasteiger partial charge in [-0.15, -0.1) is 11.8 Å². The van der Waals surface area contributed by atoms with Crippen LogP contribution in [-0.4, -0.2) is 10.7 Å². The third-order valence-electron chi connectivity index (χ3n) is 2.96. The van der Waals surface area contributed by atoms with Crippen molar-refractivity contribution >= 4 is 17.8 Å². The number of hydrogen-bond acceptors (Lipinski definition) is 3. The van der Waals surface area contributed by atoms with Gasteiger partial charge in [-0.25, -0.2) is 4.98 Å². The highest BCUT2D eigenvalue weighted by Crippen LogP contribution is 2.35. The molecule has 0 fully saturated rings. The van der Waals surface area contributed by atoms with E-state index in [4.69, 9.17) is 5.26 Å². The summed E-state index contributed by atoms with van der Waals surface area (Å²) in [6.07, 6.45) is -0.855. The molecule has 0 N–H and O–H groups in total. The lowest BCUT2D eigenvalue weighted by molar-refractivity contribution is -0.138. The lowest BCUT2D eigenvalue weighted by atomic mass is 10.1. The zero-order chi connectivity index (χ0) is 16.9. The Hall–Kier alpha value is -2.26. The summed E-state index contributed by atoms with van der Waals surface area (Å²) >= 11 is 1.11. The van der Waals surface area contributed by atoms with E-state index in [0.29, 0.717) is 5.75 Å². The maximum Gasteiger partial charge on any atom is 0.417 e. The van der Waals surface area contributed by atoms with Crippen LogP contribution < -0.4 is 0 Å². The minimum absolute atomic E-state index is 0.109. The van der Waals surface area contributed by atoms with Crippen molar-refractivity contribution < 1.29 is 13.2 Å². The Bertz CT molecular complexity index is 747. The molecule has 0 aliphatic carbocycles. The molecule has 0 unspecified atom stereocenters. The SMILES string of the molecule is Cc1cc(C(F)(F)F)c(C#N)c(SCC=Cc2ccccc2)n1. The van der Waals surface area contributed by atoms with Gasteiger partial charge in [0.15, 0.2) is 0 Å². The lowest BCUT2D eigenvalue weighted by Crippen LogP contribution is -2.10. The van der Waals surface area contributed by atoms with Crippen LogP contribution in [-0.2, 0) is 6.18 Å². The lowest BCUT2D eigenvalue weighted by Gasteiger charge is -2.12. The molecule has 118 valence electrons. The number of pyridine rings is 1. The highest BCUT2D eigenvalue weighted by molar-refractivity contribution is 7.99. The number of aromatic nitrogens is 1. The zero-order valence-electron chi connectivity index (χ0n) is 12.3. The summed E-state index contributed by atoms with van der Waals surface area (Å²) in [7, 11) is 0. The van der Waals surface area contributed by atoms with Gasteiger partial charge in [-0.3, -0.25) is 0 Å². The fraction of sp³-hybridized carbons (Fsp3) is 0.176. The molecule has 0 radical (unpaired) electrons. The summed E-state index contributed by atoms with van der Waals surface area (Å²) in [6, 6.07) is 12.1. The summed E-state index contributed by atoms with van der Waals surface area (Å²) in [6.45, 7) is 1.49. The Kier molecular flexibility index (Phi) is 5.45. The normalized spacial score (nSPS) is 11.6. The number of rotatable bonds is 4. The zero-order valence-corrected chi connectivity index (χ0v) is 13.1. The molecule has 0 saturated carbocycles. The van der Waals surface area contributed by atoms with Crippen molar-refractivity contribution in [2.75, 3.05) is 5.75 Å². The first-order valence-electron chi connectivity index (χ1n) is 6.75. The van der Waals surface area contributed by atoms with Crippen molar-refractivity contribution in [1.29, 1.82) is 5.26 Å². The highest BCUT2D eigenvalue weighted by atomic mass is 32.2. The first kappa shape index (κ1) is 17.1. The summed E-state index contributed by atoms with van der Waals surface area (Å²) in [4.78, 5) is 4.07. The van der Waals surface area contributed by atoms with Gasteiger partial charge < -0.3 is 0 Å². The van der Waals surface area contributed by atoms with Crippen molar-refractivity contribution in [1.82, 2.24) is 4.98 Å². The second-order valence-corrected chi connectivity index (χ2v) is 5.73. The molecule has 0 amide bonds. The average molecular weight is 334 g/mol. The Morgan fingerprint density at radius 3 is 2.57 bits per heavy atom. The van der Waals surface area contributed by atoms with Crippen molar-refractivity contribution in [3.8, 4) is 6.07 Å². The molecule has 0 spiro atoms. The van der Waals surface area contributed by atoms with Crippen LogP contribution in [0.2, 0.25) is 0 Å². The second-order valence-electron chi connectivity index (χ2n) is 4.72. The molecule has 6 heteroatoms. The van der Waals surface area contributed by atoms with Gasteiger partial charge in [0.2, 0.25) is 0 Å². The second kappa shape index (κ2) is 7.34. The number of alkyl halides is 3. The molecule has 23 heavy (non-hydrogen) atoms. The van der Waals surface area contributed by atoms with Gasteiger partial charge in [0, 0.05) is 11.4 Å². The first-order valence-corrected chi connectivity index (χ1v) is 7.73. The minimum atomic E-state index is -4.56. The van der Waals surface area contributed by atoms with Crippen LogP contribution in [0.25, 0.3) is 6.08 Å². The number of thioether (sulfide) groups is 1.